The van der Waals surface area contributed by atoms with E-state index in [2.05, 4.69) is 110 Å². The second kappa shape index (κ2) is 6.45. The minimum absolute atomic E-state index is 0.937. The Hall–Kier alpha value is -4.10. The zero-order chi connectivity index (χ0) is 21.2. The molecular weight excluding hydrogens is 388 g/mol. The molecule has 1 aromatic heterocycles. The number of benzene rings is 6. The molecule has 0 amide bonds. The van der Waals surface area contributed by atoms with Gasteiger partial charge in [0.15, 0.2) is 0 Å². The van der Waals surface area contributed by atoms with E-state index < -0.39 is 0 Å². The van der Waals surface area contributed by atoms with Gasteiger partial charge in [-0.05, 0) is 80.2 Å². The number of rotatable bonds is 1. The molecule has 7 rings (SSSR count). The van der Waals surface area contributed by atoms with E-state index in [-0.39, 0.29) is 0 Å². The molecule has 0 bridgehead atoms. The zero-order valence-corrected chi connectivity index (χ0v) is 17.7. The highest BCUT2D eigenvalue weighted by atomic mass is 16.3. The van der Waals surface area contributed by atoms with Gasteiger partial charge in [0.2, 0.25) is 0 Å². The Kier molecular flexibility index (Phi) is 3.54. The fraction of sp³-hybridized carbons (Fsp3) is 0.0323. The van der Waals surface area contributed by atoms with Crippen molar-refractivity contribution >= 4 is 54.3 Å². The van der Waals surface area contributed by atoms with Crippen LogP contribution < -0.4 is 0 Å². The Morgan fingerprint density at radius 2 is 0.938 bits per heavy atom. The summed E-state index contributed by atoms with van der Waals surface area (Å²) in [6.07, 6.45) is 0. The fourth-order valence-electron chi connectivity index (χ4n) is 5.15. The quantitative estimate of drug-likeness (QED) is 0.247. The number of fused-ring (bicyclic) bond motifs is 9. The van der Waals surface area contributed by atoms with Crippen LogP contribution in [-0.2, 0) is 0 Å². The molecule has 6 aromatic carbocycles. The Labute approximate surface area is 185 Å². The molecular formula is C31H20O. The number of aryl methyl sites for hydroxylation is 1. The normalized spacial score (nSPS) is 11.9. The lowest BCUT2D eigenvalue weighted by Gasteiger charge is -2.12. The topological polar surface area (TPSA) is 13.1 Å². The largest absolute Gasteiger partial charge is 0.456 e. The maximum absolute atomic E-state index is 6.10. The van der Waals surface area contributed by atoms with Gasteiger partial charge in [0.1, 0.15) is 11.2 Å². The summed E-state index contributed by atoms with van der Waals surface area (Å²) < 4.78 is 6.10. The smallest absolute Gasteiger partial charge is 0.135 e. The van der Waals surface area contributed by atoms with Crippen LogP contribution in [0.15, 0.2) is 108 Å². The SMILES string of the molecule is Cc1ccc2c(c1)oc1ccc(-c3ccc4c5ccccc5c5ccccc5c4c3)cc12. The van der Waals surface area contributed by atoms with Gasteiger partial charge in [0.25, 0.3) is 0 Å². The average molecular weight is 409 g/mol. The van der Waals surface area contributed by atoms with Crippen LogP contribution in [0.2, 0.25) is 0 Å². The molecule has 1 heteroatoms. The van der Waals surface area contributed by atoms with Crippen LogP contribution in [-0.4, -0.2) is 0 Å². The third kappa shape index (κ3) is 2.45. The highest BCUT2D eigenvalue weighted by Crippen LogP contribution is 2.38. The van der Waals surface area contributed by atoms with Gasteiger partial charge in [-0.1, -0.05) is 78.9 Å². The number of hydrogen-bond acceptors (Lipinski definition) is 1. The number of hydrogen-bond donors (Lipinski definition) is 0. The Balaban J connectivity index is 1.52. The molecule has 0 unspecified atom stereocenters. The van der Waals surface area contributed by atoms with E-state index >= 15 is 0 Å². The van der Waals surface area contributed by atoms with Gasteiger partial charge in [-0.25, -0.2) is 0 Å². The molecule has 0 aliphatic rings. The molecule has 0 saturated heterocycles. The first-order chi connectivity index (χ1) is 15.8. The van der Waals surface area contributed by atoms with Crippen LogP contribution in [0.25, 0.3) is 65.4 Å². The van der Waals surface area contributed by atoms with Crippen LogP contribution in [0.3, 0.4) is 0 Å². The Bertz CT molecular complexity index is 1800. The first-order valence-corrected chi connectivity index (χ1v) is 11.0. The predicted octanol–water partition coefficient (Wildman–Crippen LogP) is 9.02. The lowest BCUT2D eigenvalue weighted by Crippen LogP contribution is -1.85. The van der Waals surface area contributed by atoms with Crippen molar-refractivity contribution in [1.29, 1.82) is 0 Å². The third-order valence-corrected chi connectivity index (χ3v) is 6.70. The minimum atomic E-state index is 0.937. The molecule has 0 radical (unpaired) electrons. The number of furan rings is 1. The van der Waals surface area contributed by atoms with Crippen molar-refractivity contribution in [2.45, 2.75) is 6.92 Å². The Morgan fingerprint density at radius 1 is 0.406 bits per heavy atom. The fourth-order valence-corrected chi connectivity index (χ4v) is 5.15. The lowest BCUT2D eigenvalue weighted by atomic mass is 9.92. The van der Waals surface area contributed by atoms with Crippen molar-refractivity contribution in [2.75, 3.05) is 0 Å². The second-order valence-electron chi connectivity index (χ2n) is 8.66. The van der Waals surface area contributed by atoms with Gasteiger partial charge in [-0.2, -0.15) is 0 Å². The van der Waals surface area contributed by atoms with Crippen LogP contribution in [0.1, 0.15) is 5.56 Å². The van der Waals surface area contributed by atoms with Crippen LogP contribution in [0.5, 0.6) is 0 Å². The van der Waals surface area contributed by atoms with E-state index in [0.29, 0.717) is 0 Å². The summed E-state index contributed by atoms with van der Waals surface area (Å²) in [6, 6.07) is 37.3. The third-order valence-electron chi connectivity index (χ3n) is 6.70. The first-order valence-electron chi connectivity index (χ1n) is 11.0. The molecule has 32 heavy (non-hydrogen) atoms. The molecule has 7 aromatic rings. The van der Waals surface area contributed by atoms with Gasteiger partial charge in [0, 0.05) is 10.8 Å². The maximum Gasteiger partial charge on any atom is 0.135 e. The van der Waals surface area contributed by atoms with Crippen molar-refractivity contribution < 1.29 is 4.42 Å². The van der Waals surface area contributed by atoms with Gasteiger partial charge in [0.05, 0.1) is 0 Å². The minimum Gasteiger partial charge on any atom is -0.456 e. The summed E-state index contributed by atoms with van der Waals surface area (Å²) >= 11 is 0. The van der Waals surface area contributed by atoms with Crippen molar-refractivity contribution in [3.05, 3.63) is 109 Å². The summed E-state index contributed by atoms with van der Waals surface area (Å²) in [4.78, 5) is 0. The predicted molar refractivity (Wildman–Crippen MR) is 136 cm³/mol. The summed E-state index contributed by atoms with van der Waals surface area (Å²) in [6.45, 7) is 2.10. The van der Waals surface area contributed by atoms with E-state index in [0.717, 1.165) is 11.2 Å². The van der Waals surface area contributed by atoms with Crippen LogP contribution in [0, 0.1) is 6.92 Å². The van der Waals surface area contributed by atoms with E-state index in [1.165, 1.54) is 59.8 Å². The molecule has 0 fully saturated rings. The molecule has 0 aliphatic carbocycles. The maximum atomic E-state index is 6.10. The Morgan fingerprint density at radius 3 is 1.62 bits per heavy atom. The first kappa shape index (κ1) is 17.6. The van der Waals surface area contributed by atoms with Crippen LogP contribution in [0.4, 0.5) is 0 Å². The van der Waals surface area contributed by atoms with Gasteiger partial charge in [-0.15, -0.1) is 0 Å². The highest BCUT2D eigenvalue weighted by Gasteiger charge is 2.12. The molecule has 1 heterocycles. The van der Waals surface area contributed by atoms with E-state index in [1.54, 1.807) is 0 Å². The molecule has 0 atom stereocenters. The average Bonchev–Trinajstić information content (AvgIpc) is 3.20. The van der Waals surface area contributed by atoms with Gasteiger partial charge >= 0.3 is 0 Å². The molecule has 1 nitrogen and oxygen atoms in total. The van der Waals surface area contributed by atoms with Gasteiger partial charge < -0.3 is 4.42 Å². The lowest BCUT2D eigenvalue weighted by molar-refractivity contribution is 0.668. The van der Waals surface area contributed by atoms with E-state index in [9.17, 15) is 0 Å². The molecule has 0 spiro atoms. The summed E-state index contributed by atoms with van der Waals surface area (Å²) in [5, 5.41) is 10.2. The summed E-state index contributed by atoms with van der Waals surface area (Å²) in [7, 11) is 0. The molecule has 0 saturated carbocycles. The summed E-state index contributed by atoms with van der Waals surface area (Å²) in [5.41, 5.74) is 5.53. The zero-order valence-electron chi connectivity index (χ0n) is 17.7. The summed E-state index contributed by atoms with van der Waals surface area (Å²) in [5.74, 6) is 0. The standard InChI is InChI=1S/C31H20O/c1-19-10-13-27-29-18-21(12-15-30(29)32-31(27)16-19)20-11-14-26-24-8-3-2-6-22(24)23-7-4-5-9-25(23)28(26)17-20/h2-18H,1H3. The molecule has 0 N–H and O–H groups in total. The monoisotopic (exact) mass is 408 g/mol. The highest BCUT2D eigenvalue weighted by molar-refractivity contribution is 6.25. The van der Waals surface area contributed by atoms with Crippen LogP contribution >= 0.6 is 0 Å². The van der Waals surface area contributed by atoms with Crippen molar-refractivity contribution in [3.8, 4) is 11.1 Å². The second-order valence-corrected chi connectivity index (χ2v) is 8.66. The molecule has 150 valence electrons. The van der Waals surface area contributed by atoms with E-state index in [1.807, 2.05) is 0 Å². The molecule has 0 aliphatic heterocycles. The van der Waals surface area contributed by atoms with Crippen molar-refractivity contribution in [3.63, 3.8) is 0 Å². The van der Waals surface area contributed by atoms with E-state index in [4.69, 9.17) is 4.42 Å². The van der Waals surface area contributed by atoms with Crippen molar-refractivity contribution in [1.82, 2.24) is 0 Å². The van der Waals surface area contributed by atoms with Crippen molar-refractivity contribution in [2.24, 2.45) is 0 Å². The van der Waals surface area contributed by atoms with Gasteiger partial charge in [-0.3, -0.25) is 0 Å².